The molecule has 0 saturated carbocycles. The molecule has 0 aromatic carbocycles. The molecule has 0 aliphatic carbocycles. The molecule has 2 fully saturated rings. The number of hydrogen-bond donors (Lipinski definition) is 1. The van der Waals surface area contributed by atoms with Gasteiger partial charge in [0.2, 0.25) is 0 Å². The molecule has 2 atom stereocenters. The lowest BCUT2D eigenvalue weighted by atomic mass is 9.71. The van der Waals surface area contributed by atoms with Crippen molar-refractivity contribution in [2.75, 3.05) is 31.1 Å². The number of anilines is 1. The van der Waals surface area contributed by atoms with E-state index in [9.17, 15) is 9.90 Å². The summed E-state index contributed by atoms with van der Waals surface area (Å²) in [6, 6.07) is 9.43. The minimum atomic E-state index is -0.461. The fourth-order valence-electron chi connectivity index (χ4n) is 4.58. The summed E-state index contributed by atoms with van der Waals surface area (Å²) in [6.07, 6.45) is 5.11. The van der Waals surface area contributed by atoms with E-state index in [0.717, 1.165) is 24.2 Å². The SMILES string of the molecule is Cc1cccnc1C(=O)N1CCC[C@]2(C1)CN(c1ccc(C#N)cn1)CC[C@H]2O. The van der Waals surface area contributed by atoms with Crippen LogP contribution in [0.5, 0.6) is 0 Å². The van der Waals surface area contributed by atoms with Crippen molar-refractivity contribution in [3.8, 4) is 6.07 Å². The predicted molar refractivity (Wildman–Crippen MR) is 108 cm³/mol. The molecule has 2 aliphatic heterocycles. The normalized spacial score (nSPS) is 24.4. The summed E-state index contributed by atoms with van der Waals surface area (Å²) in [7, 11) is 0. The number of nitrogens with zero attached hydrogens (tertiary/aromatic N) is 5. The molecule has 150 valence electrons. The van der Waals surface area contributed by atoms with Crippen molar-refractivity contribution in [3.63, 3.8) is 0 Å². The van der Waals surface area contributed by atoms with Crippen molar-refractivity contribution in [3.05, 3.63) is 53.5 Å². The molecule has 1 N–H and O–H groups in total. The van der Waals surface area contributed by atoms with Gasteiger partial charge in [0.1, 0.15) is 17.6 Å². The van der Waals surface area contributed by atoms with Gasteiger partial charge < -0.3 is 14.9 Å². The van der Waals surface area contributed by atoms with Gasteiger partial charge in [0.05, 0.1) is 11.7 Å². The first-order valence-corrected chi connectivity index (χ1v) is 10.0. The Morgan fingerprint density at radius 2 is 2.14 bits per heavy atom. The number of aliphatic hydroxyl groups is 1. The maximum atomic E-state index is 13.1. The summed E-state index contributed by atoms with van der Waals surface area (Å²) < 4.78 is 0. The smallest absolute Gasteiger partial charge is 0.272 e. The summed E-state index contributed by atoms with van der Waals surface area (Å²) in [4.78, 5) is 25.8. The Kier molecular flexibility index (Phi) is 5.20. The second-order valence-corrected chi connectivity index (χ2v) is 8.10. The van der Waals surface area contributed by atoms with Crippen LogP contribution < -0.4 is 4.90 Å². The summed E-state index contributed by atoms with van der Waals surface area (Å²) in [6.45, 7) is 4.43. The van der Waals surface area contributed by atoms with E-state index in [0.29, 0.717) is 43.9 Å². The molecule has 2 aromatic rings. The van der Waals surface area contributed by atoms with Crippen LogP contribution in [0.15, 0.2) is 36.7 Å². The van der Waals surface area contributed by atoms with Gasteiger partial charge in [-0.2, -0.15) is 5.26 Å². The lowest BCUT2D eigenvalue weighted by Gasteiger charge is -2.51. The highest BCUT2D eigenvalue weighted by molar-refractivity contribution is 5.93. The van der Waals surface area contributed by atoms with Crippen LogP contribution in [0.1, 0.15) is 40.9 Å². The highest BCUT2D eigenvalue weighted by Crippen LogP contribution is 2.40. The molecule has 7 heteroatoms. The number of nitriles is 1. The fraction of sp³-hybridized carbons (Fsp3) is 0.455. The van der Waals surface area contributed by atoms with Crippen LogP contribution >= 0.6 is 0 Å². The second-order valence-electron chi connectivity index (χ2n) is 8.10. The third-order valence-electron chi connectivity index (χ3n) is 6.19. The summed E-state index contributed by atoms with van der Waals surface area (Å²) >= 11 is 0. The lowest BCUT2D eigenvalue weighted by Crippen LogP contribution is -2.60. The Balaban J connectivity index is 1.55. The molecule has 2 aromatic heterocycles. The van der Waals surface area contributed by atoms with Gasteiger partial charge in [-0.25, -0.2) is 4.98 Å². The number of carbonyl (C=O) groups excluding carboxylic acids is 1. The van der Waals surface area contributed by atoms with Gasteiger partial charge >= 0.3 is 0 Å². The lowest BCUT2D eigenvalue weighted by molar-refractivity contribution is -0.0363. The molecule has 2 saturated heterocycles. The summed E-state index contributed by atoms with van der Waals surface area (Å²) in [5.41, 5.74) is 1.50. The zero-order valence-electron chi connectivity index (χ0n) is 16.6. The van der Waals surface area contributed by atoms with E-state index in [2.05, 4.69) is 20.9 Å². The van der Waals surface area contributed by atoms with Gasteiger partial charge in [0.25, 0.3) is 5.91 Å². The van der Waals surface area contributed by atoms with Crippen molar-refractivity contribution in [1.82, 2.24) is 14.9 Å². The molecule has 7 nitrogen and oxygen atoms in total. The van der Waals surface area contributed by atoms with Gasteiger partial charge in [-0.15, -0.1) is 0 Å². The highest BCUT2D eigenvalue weighted by atomic mass is 16.3. The number of hydrogen-bond acceptors (Lipinski definition) is 6. The maximum absolute atomic E-state index is 13.1. The standard InChI is InChI=1S/C22H25N5O2/c1-16-4-2-9-24-20(16)21(29)27-10-3-8-22(15-27)14-26(11-7-18(22)28)19-6-5-17(12-23)13-25-19/h2,4-6,9,13,18,28H,3,7-8,10-11,14-15H2,1H3/t18-,22-/m1/s1. The minimum Gasteiger partial charge on any atom is -0.392 e. The van der Waals surface area contributed by atoms with E-state index >= 15 is 0 Å². The molecule has 0 bridgehead atoms. The number of piperidine rings is 2. The second kappa shape index (κ2) is 7.80. The zero-order valence-corrected chi connectivity index (χ0v) is 16.6. The van der Waals surface area contributed by atoms with Crippen LogP contribution in [0.3, 0.4) is 0 Å². The van der Waals surface area contributed by atoms with Gasteiger partial charge in [-0.3, -0.25) is 9.78 Å². The van der Waals surface area contributed by atoms with Crippen LogP contribution in [-0.4, -0.2) is 58.2 Å². The van der Waals surface area contributed by atoms with E-state index < -0.39 is 6.10 Å². The number of rotatable bonds is 2. The molecule has 4 rings (SSSR count). The van der Waals surface area contributed by atoms with E-state index in [1.165, 1.54) is 0 Å². The Bertz CT molecular complexity index is 939. The van der Waals surface area contributed by atoms with Crippen LogP contribution in [0.25, 0.3) is 0 Å². The molecular weight excluding hydrogens is 366 g/mol. The minimum absolute atomic E-state index is 0.0667. The topological polar surface area (TPSA) is 93.4 Å². The molecule has 29 heavy (non-hydrogen) atoms. The third kappa shape index (κ3) is 3.68. The zero-order chi connectivity index (χ0) is 20.4. The first-order valence-electron chi connectivity index (χ1n) is 10.0. The van der Waals surface area contributed by atoms with Gasteiger partial charge in [0, 0.05) is 44.0 Å². The van der Waals surface area contributed by atoms with E-state index in [4.69, 9.17) is 5.26 Å². The molecule has 0 radical (unpaired) electrons. The number of aliphatic hydroxyl groups excluding tert-OH is 1. The molecule has 2 aliphatic rings. The summed E-state index contributed by atoms with van der Waals surface area (Å²) in [5.74, 6) is 0.738. The van der Waals surface area contributed by atoms with Crippen LogP contribution in [0, 0.1) is 23.7 Å². The third-order valence-corrected chi connectivity index (χ3v) is 6.19. The highest BCUT2D eigenvalue weighted by Gasteiger charge is 2.47. The van der Waals surface area contributed by atoms with Crippen molar-refractivity contribution in [2.24, 2.45) is 5.41 Å². The predicted octanol–water partition coefficient (Wildman–Crippen LogP) is 2.15. The molecule has 1 spiro atoms. The Hall–Kier alpha value is -2.98. The molecular formula is C22H25N5O2. The average molecular weight is 391 g/mol. The molecule has 1 amide bonds. The molecule has 4 heterocycles. The van der Waals surface area contributed by atoms with Crippen LogP contribution in [0.4, 0.5) is 5.82 Å². The Labute approximate surface area is 170 Å². The van der Waals surface area contributed by atoms with E-state index in [1.807, 2.05) is 30.0 Å². The quantitative estimate of drug-likeness (QED) is 0.843. The maximum Gasteiger partial charge on any atom is 0.272 e. The average Bonchev–Trinajstić information content (AvgIpc) is 2.76. The fourth-order valence-corrected chi connectivity index (χ4v) is 4.58. The van der Waals surface area contributed by atoms with Crippen molar-refractivity contribution >= 4 is 11.7 Å². The number of amides is 1. The van der Waals surface area contributed by atoms with Gasteiger partial charge in [-0.1, -0.05) is 6.07 Å². The number of aromatic nitrogens is 2. The van der Waals surface area contributed by atoms with Crippen LogP contribution in [-0.2, 0) is 0 Å². The van der Waals surface area contributed by atoms with Crippen LogP contribution in [0.2, 0.25) is 0 Å². The van der Waals surface area contributed by atoms with E-state index in [1.54, 1.807) is 18.5 Å². The first kappa shape index (κ1) is 19.3. The number of pyridine rings is 2. The number of likely N-dealkylation sites (tertiary alicyclic amines) is 1. The van der Waals surface area contributed by atoms with Crippen molar-refractivity contribution in [2.45, 2.75) is 32.3 Å². The number of aryl methyl sites for hydroxylation is 1. The van der Waals surface area contributed by atoms with Gasteiger partial charge in [-0.05, 0) is 49.9 Å². The van der Waals surface area contributed by atoms with E-state index in [-0.39, 0.29) is 11.3 Å². The summed E-state index contributed by atoms with van der Waals surface area (Å²) in [5, 5.41) is 19.9. The van der Waals surface area contributed by atoms with Crippen molar-refractivity contribution in [1.29, 1.82) is 5.26 Å². The molecule has 0 unspecified atom stereocenters. The monoisotopic (exact) mass is 391 g/mol. The number of carbonyl (C=O) groups is 1. The first-order chi connectivity index (χ1) is 14.0. The largest absolute Gasteiger partial charge is 0.392 e. The Morgan fingerprint density at radius 3 is 2.86 bits per heavy atom. The van der Waals surface area contributed by atoms with Gasteiger partial charge in [0.15, 0.2) is 0 Å². The van der Waals surface area contributed by atoms with Crippen molar-refractivity contribution < 1.29 is 9.90 Å². The Morgan fingerprint density at radius 1 is 1.28 bits per heavy atom.